The minimum Gasteiger partial charge on any atom is -0.313 e. The standard InChI is InChI=1S/C12H18BrN/c1-8(2)12(14-4)10-7-5-6-9(3)11(10)13/h5-8,12,14H,1-4H3. The van der Waals surface area contributed by atoms with Crippen LogP contribution in [-0.4, -0.2) is 7.05 Å². The SMILES string of the molecule is CNC(c1cccc(C)c1Br)C(C)C. The topological polar surface area (TPSA) is 12.0 Å². The van der Waals surface area contributed by atoms with Crippen molar-refractivity contribution in [3.8, 4) is 0 Å². The fraction of sp³-hybridized carbons (Fsp3) is 0.500. The molecular formula is C12H18BrN. The van der Waals surface area contributed by atoms with Gasteiger partial charge < -0.3 is 5.32 Å². The molecule has 0 fully saturated rings. The summed E-state index contributed by atoms with van der Waals surface area (Å²) in [6, 6.07) is 6.84. The van der Waals surface area contributed by atoms with Crippen molar-refractivity contribution < 1.29 is 0 Å². The Bertz CT molecular complexity index is 307. The van der Waals surface area contributed by atoms with E-state index in [1.807, 2.05) is 7.05 Å². The highest BCUT2D eigenvalue weighted by Gasteiger charge is 2.16. The largest absolute Gasteiger partial charge is 0.313 e. The molecule has 0 heterocycles. The fourth-order valence-corrected chi connectivity index (χ4v) is 2.27. The van der Waals surface area contributed by atoms with E-state index in [2.05, 4.69) is 60.2 Å². The second kappa shape index (κ2) is 4.94. The van der Waals surface area contributed by atoms with Crippen molar-refractivity contribution >= 4 is 15.9 Å². The van der Waals surface area contributed by atoms with E-state index in [-0.39, 0.29) is 0 Å². The highest BCUT2D eigenvalue weighted by molar-refractivity contribution is 9.10. The quantitative estimate of drug-likeness (QED) is 0.870. The number of hydrogen-bond donors (Lipinski definition) is 1. The molecule has 1 rings (SSSR count). The molecule has 0 bridgehead atoms. The molecule has 0 aliphatic heterocycles. The molecule has 1 nitrogen and oxygen atoms in total. The Labute approximate surface area is 95.0 Å². The third kappa shape index (κ3) is 2.37. The molecule has 78 valence electrons. The first kappa shape index (κ1) is 11.7. The van der Waals surface area contributed by atoms with Gasteiger partial charge >= 0.3 is 0 Å². The van der Waals surface area contributed by atoms with Crippen LogP contribution in [0.3, 0.4) is 0 Å². The van der Waals surface area contributed by atoms with Crippen LogP contribution in [0.4, 0.5) is 0 Å². The van der Waals surface area contributed by atoms with Crippen molar-refractivity contribution in [3.05, 3.63) is 33.8 Å². The van der Waals surface area contributed by atoms with Gasteiger partial charge in [0.05, 0.1) is 0 Å². The Kier molecular flexibility index (Phi) is 4.14. The zero-order valence-corrected chi connectivity index (χ0v) is 10.9. The van der Waals surface area contributed by atoms with Gasteiger partial charge in [0.1, 0.15) is 0 Å². The summed E-state index contributed by atoms with van der Waals surface area (Å²) in [4.78, 5) is 0. The summed E-state index contributed by atoms with van der Waals surface area (Å²) in [6.45, 7) is 6.59. The van der Waals surface area contributed by atoms with Crippen molar-refractivity contribution in [3.63, 3.8) is 0 Å². The minimum absolute atomic E-state index is 0.421. The maximum atomic E-state index is 3.65. The van der Waals surface area contributed by atoms with Gasteiger partial charge in [-0.25, -0.2) is 0 Å². The monoisotopic (exact) mass is 255 g/mol. The second-order valence-corrected chi connectivity index (χ2v) is 4.78. The Morgan fingerprint density at radius 2 is 1.93 bits per heavy atom. The summed E-state index contributed by atoms with van der Waals surface area (Å²) < 4.78 is 1.23. The Balaban J connectivity index is 3.10. The predicted octanol–water partition coefficient (Wildman–Crippen LogP) is 3.67. The number of aryl methyl sites for hydroxylation is 1. The smallest absolute Gasteiger partial charge is 0.0352 e. The molecular weight excluding hydrogens is 238 g/mol. The van der Waals surface area contributed by atoms with E-state index in [1.165, 1.54) is 15.6 Å². The van der Waals surface area contributed by atoms with Gasteiger partial charge in [-0.15, -0.1) is 0 Å². The molecule has 2 heteroatoms. The summed E-state index contributed by atoms with van der Waals surface area (Å²) in [5.74, 6) is 0.595. The molecule has 1 unspecified atom stereocenters. The van der Waals surface area contributed by atoms with E-state index < -0.39 is 0 Å². The van der Waals surface area contributed by atoms with Crippen LogP contribution in [0.15, 0.2) is 22.7 Å². The van der Waals surface area contributed by atoms with Gasteiger partial charge in [0, 0.05) is 10.5 Å². The third-order valence-corrected chi connectivity index (χ3v) is 3.62. The minimum atomic E-state index is 0.421. The van der Waals surface area contributed by atoms with Crippen LogP contribution < -0.4 is 5.32 Å². The first-order valence-electron chi connectivity index (χ1n) is 5.00. The number of rotatable bonds is 3. The summed E-state index contributed by atoms with van der Waals surface area (Å²) in [5.41, 5.74) is 2.64. The van der Waals surface area contributed by atoms with Crippen LogP contribution in [-0.2, 0) is 0 Å². The van der Waals surface area contributed by atoms with E-state index in [4.69, 9.17) is 0 Å². The molecule has 0 amide bonds. The lowest BCUT2D eigenvalue weighted by molar-refractivity contribution is 0.441. The fourth-order valence-electron chi connectivity index (χ4n) is 1.76. The van der Waals surface area contributed by atoms with E-state index in [0.717, 1.165) is 0 Å². The van der Waals surface area contributed by atoms with Crippen LogP contribution in [0.5, 0.6) is 0 Å². The summed E-state index contributed by atoms with van der Waals surface area (Å²) >= 11 is 3.65. The van der Waals surface area contributed by atoms with Gasteiger partial charge in [-0.1, -0.05) is 48.0 Å². The predicted molar refractivity (Wildman–Crippen MR) is 65.5 cm³/mol. The van der Waals surface area contributed by atoms with Crippen molar-refractivity contribution in [1.29, 1.82) is 0 Å². The van der Waals surface area contributed by atoms with Crippen LogP contribution in [0, 0.1) is 12.8 Å². The average molecular weight is 256 g/mol. The molecule has 1 N–H and O–H groups in total. The molecule has 0 aliphatic carbocycles. The van der Waals surface area contributed by atoms with Gasteiger partial charge in [-0.05, 0) is 31.0 Å². The van der Waals surface area contributed by atoms with Crippen LogP contribution in [0.2, 0.25) is 0 Å². The molecule has 0 saturated carbocycles. The molecule has 1 atom stereocenters. The zero-order valence-electron chi connectivity index (χ0n) is 9.26. The average Bonchev–Trinajstić information content (AvgIpc) is 2.13. The maximum Gasteiger partial charge on any atom is 0.0352 e. The van der Waals surface area contributed by atoms with Gasteiger partial charge in [0.15, 0.2) is 0 Å². The molecule has 0 spiro atoms. The van der Waals surface area contributed by atoms with Crippen LogP contribution >= 0.6 is 15.9 Å². The first-order chi connectivity index (χ1) is 6.57. The Hall–Kier alpha value is -0.340. The molecule has 0 radical (unpaired) electrons. The van der Waals surface area contributed by atoms with Crippen LogP contribution in [0.1, 0.15) is 31.0 Å². The lowest BCUT2D eigenvalue weighted by atomic mass is 9.95. The van der Waals surface area contributed by atoms with Gasteiger partial charge in [0.2, 0.25) is 0 Å². The normalized spacial score (nSPS) is 13.3. The van der Waals surface area contributed by atoms with E-state index in [0.29, 0.717) is 12.0 Å². The van der Waals surface area contributed by atoms with Gasteiger partial charge in [0.25, 0.3) is 0 Å². The molecule has 0 saturated heterocycles. The lowest BCUT2D eigenvalue weighted by Crippen LogP contribution is -2.22. The zero-order chi connectivity index (χ0) is 10.7. The maximum absolute atomic E-state index is 3.65. The Morgan fingerprint density at radius 1 is 1.29 bits per heavy atom. The second-order valence-electron chi connectivity index (χ2n) is 3.99. The van der Waals surface area contributed by atoms with Crippen molar-refractivity contribution in [2.75, 3.05) is 7.05 Å². The van der Waals surface area contributed by atoms with Crippen LogP contribution in [0.25, 0.3) is 0 Å². The van der Waals surface area contributed by atoms with Crippen molar-refractivity contribution in [1.82, 2.24) is 5.32 Å². The lowest BCUT2D eigenvalue weighted by Gasteiger charge is -2.22. The molecule has 1 aromatic rings. The van der Waals surface area contributed by atoms with E-state index in [9.17, 15) is 0 Å². The summed E-state index contributed by atoms with van der Waals surface area (Å²) in [5, 5.41) is 3.36. The summed E-state index contributed by atoms with van der Waals surface area (Å²) in [6.07, 6.45) is 0. The Morgan fingerprint density at radius 3 is 2.43 bits per heavy atom. The number of hydrogen-bond acceptors (Lipinski definition) is 1. The van der Waals surface area contributed by atoms with Gasteiger partial charge in [-0.2, -0.15) is 0 Å². The number of nitrogens with one attached hydrogen (secondary N) is 1. The summed E-state index contributed by atoms with van der Waals surface area (Å²) in [7, 11) is 2.01. The van der Waals surface area contributed by atoms with Crippen molar-refractivity contribution in [2.24, 2.45) is 5.92 Å². The van der Waals surface area contributed by atoms with Gasteiger partial charge in [-0.3, -0.25) is 0 Å². The molecule has 0 aliphatic rings. The number of benzene rings is 1. The highest BCUT2D eigenvalue weighted by atomic mass is 79.9. The third-order valence-electron chi connectivity index (χ3n) is 2.53. The molecule has 14 heavy (non-hydrogen) atoms. The van der Waals surface area contributed by atoms with Crippen molar-refractivity contribution in [2.45, 2.75) is 26.8 Å². The first-order valence-corrected chi connectivity index (χ1v) is 5.79. The highest BCUT2D eigenvalue weighted by Crippen LogP contribution is 2.30. The van der Waals surface area contributed by atoms with E-state index in [1.54, 1.807) is 0 Å². The molecule has 0 aromatic heterocycles. The molecule has 1 aromatic carbocycles. The number of halogens is 1. The van der Waals surface area contributed by atoms with E-state index >= 15 is 0 Å².